The average Bonchev–Trinajstić information content (AvgIpc) is 1.91. The number of hydrogen-bond donors (Lipinski definition) is 0. The van der Waals surface area contributed by atoms with E-state index in [2.05, 4.69) is 46.9 Å². The monoisotopic (exact) mass is 96.0 g/mol. The summed E-state index contributed by atoms with van der Waals surface area (Å²) in [6.45, 7) is 0. The van der Waals surface area contributed by atoms with Crippen LogP contribution in [0.15, 0.2) is 11.4 Å². The first-order valence-electron chi connectivity index (χ1n) is 2.31. The first-order chi connectivity index (χ1) is 3.30. The number of hydrogen-bond acceptors (Lipinski definition) is 1. The summed E-state index contributed by atoms with van der Waals surface area (Å²) in [4.78, 5) is 0. The molecule has 0 aliphatic rings. The van der Waals surface area contributed by atoms with E-state index in [4.69, 9.17) is 0 Å². The van der Waals surface area contributed by atoms with E-state index < -0.39 is 0 Å². The van der Waals surface area contributed by atoms with Gasteiger partial charge in [0.15, 0.2) is 0 Å². The molecule has 0 spiro atoms. The summed E-state index contributed by atoms with van der Waals surface area (Å²) in [6, 6.07) is 2.14. The predicted octanol–water partition coefficient (Wildman–Crippen LogP) is -0.664. The van der Waals surface area contributed by atoms with Crippen molar-refractivity contribution >= 4 is 54.6 Å². The predicted molar refractivity (Wildman–Crippen MR) is 35.1 cm³/mol. The van der Waals surface area contributed by atoms with Gasteiger partial charge in [0.05, 0.1) is 0 Å². The van der Waals surface area contributed by atoms with Gasteiger partial charge in [-0.15, -0.1) is 0 Å². The number of thiophene rings is 1. The Morgan fingerprint density at radius 1 is 1.43 bits per heavy atom. The SMILES string of the molecule is [Li][c]1ccs[c]1[Li]. The molecular weight excluding hydrogens is 94.0 g/mol. The second kappa shape index (κ2) is 2.45. The first-order valence-corrected chi connectivity index (χ1v) is 3.19. The molecular formula is C4H2Li2S. The van der Waals surface area contributed by atoms with Crippen molar-refractivity contribution in [2.75, 3.05) is 0 Å². The van der Waals surface area contributed by atoms with Crippen LogP contribution in [0.4, 0.5) is 0 Å². The van der Waals surface area contributed by atoms with Crippen LogP contribution in [0.25, 0.3) is 0 Å². The van der Waals surface area contributed by atoms with Crippen LogP contribution in [0.3, 0.4) is 0 Å². The van der Waals surface area contributed by atoms with Gasteiger partial charge in [0.25, 0.3) is 0 Å². The fourth-order valence-corrected chi connectivity index (χ4v) is 1.18. The van der Waals surface area contributed by atoms with Crippen LogP contribution in [0, 0.1) is 0 Å². The summed E-state index contributed by atoms with van der Waals surface area (Å²) >= 11 is 6.07. The minimum atomic E-state index is 1.41. The fraction of sp³-hybridized carbons (Fsp3) is 0. The molecule has 0 saturated heterocycles. The molecule has 0 aliphatic carbocycles. The molecule has 0 amide bonds. The maximum absolute atomic E-state index is 2.14. The molecule has 1 aromatic rings. The fourth-order valence-electron chi connectivity index (χ4n) is 0.448. The molecule has 0 bridgehead atoms. The molecule has 0 aromatic carbocycles. The van der Waals surface area contributed by atoms with E-state index in [9.17, 15) is 0 Å². The quantitative estimate of drug-likeness (QED) is 0.376. The van der Waals surface area contributed by atoms with E-state index >= 15 is 0 Å². The molecule has 0 unspecified atom stereocenters. The van der Waals surface area contributed by atoms with Crippen molar-refractivity contribution in [2.45, 2.75) is 0 Å². The summed E-state index contributed by atoms with van der Waals surface area (Å²) in [7, 11) is 0. The third kappa shape index (κ3) is 1.39. The van der Waals surface area contributed by atoms with Gasteiger partial charge in [0.1, 0.15) is 0 Å². The molecule has 0 fully saturated rings. The zero-order valence-electron chi connectivity index (χ0n) is 4.56. The van der Waals surface area contributed by atoms with E-state index in [0.29, 0.717) is 0 Å². The molecule has 0 radical (unpaired) electrons. The van der Waals surface area contributed by atoms with Crippen LogP contribution >= 0.6 is 11.3 Å². The average molecular weight is 96.0 g/mol. The van der Waals surface area contributed by atoms with Gasteiger partial charge in [-0.3, -0.25) is 0 Å². The molecule has 26 valence electrons. The molecule has 1 heterocycles. The van der Waals surface area contributed by atoms with E-state index in [-0.39, 0.29) is 0 Å². The van der Waals surface area contributed by atoms with Crippen molar-refractivity contribution in [2.24, 2.45) is 0 Å². The zero-order chi connectivity index (χ0) is 5.28. The van der Waals surface area contributed by atoms with Crippen LogP contribution in [0.1, 0.15) is 0 Å². The van der Waals surface area contributed by atoms with Gasteiger partial charge in [0.2, 0.25) is 0 Å². The second-order valence-corrected chi connectivity index (χ2v) is 2.78. The zero-order valence-corrected chi connectivity index (χ0v) is 5.38. The minimum absolute atomic E-state index is 1.41. The number of rotatable bonds is 0. The Bertz CT molecular complexity index is 142. The molecule has 1 rings (SSSR count). The van der Waals surface area contributed by atoms with Gasteiger partial charge >= 0.3 is 66.0 Å². The molecule has 0 saturated carbocycles. The normalized spacial score (nSPS) is 9.71. The third-order valence-electron chi connectivity index (χ3n) is 1.12. The van der Waals surface area contributed by atoms with Crippen LogP contribution in [-0.2, 0) is 0 Å². The third-order valence-corrected chi connectivity index (χ3v) is 2.07. The second-order valence-electron chi connectivity index (χ2n) is 1.66. The first kappa shape index (κ1) is 6.02. The summed E-state index contributed by atoms with van der Waals surface area (Å²) in [6.07, 6.45) is 0. The van der Waals surface area contributed by atoms with Gasteiger partial charge in [-0.05, 0) is 0 Å². The van der Waals surface area contributed by atoms with Crippen LogP contribution in [0.5, 0.6) is 0 Å². The van der Waals surface area contributed by atoms with E-state index in [1.54, 1.807) is 11.3 Å². The van der Waals surface area contributed by atoms with Gasteiger partial charge < -0.3 is 0 Å². The Kier molecular flexibility index (Phi) is 2.10. The molecule has 0 N–H and O–H groups in total. The summed E-state index contributed by atoms with van der Waals surface area (Å²) < 4.78 is 2.84. The van der Waals surface area contributed by atoms with E-state index in [0.717, 1.165) is 0 Å². The van der Waals surface area contributed by atoms with Crippen molar-refractivity contribution in [3.63, 3.8) is 0 Å². The Morgan fingerprint density at radius 3 is 2.29 bits per heavy atom. The van der Waals surface area contributed by atoms with Crippen molar-refractivity contribution < 1.29 is 0 Å². The van der Waals surface area contributed by atoms with Crippen molar-refractivity contribution in [3.05, 3.63) is 11.4 Å². The van der Waals surface area contributed by atoms with Gasteiger partial charge in [-0.2, -0.15) is 0 Å². The summed E-state index contributed by atoms with van der Waals surface area (Å²) in [5.41, 5.74) is 0. The molecule has 3 heteroatoms. The molecule has 0 nitrogen and oxygen atoms in total. The molecule has 0 atom stereocenters. The molecule has 0 aliphatic heterocycles. The van der Waals surface area contributed by atoms with E-state index in [1.807, 2.05) is 0 Å². The van der Waals surface area contributed by atoms with Crippen LogP contribution in [0.2, 0.25) is 0 Å². The van der Waals surface area contributed by atoms with Crippen molar-refractivity contribution in [1.82, 2.24) is 0 Å². The summed E-state index contributed by atoms with van der Waals surface area (Å²) in [5, 5.41) is 2.12. The van der Waals surface area contributed by atoms with Crippen LogP contribution in [-0.4, -0.2) is 35.4 Å². The molecule has 7 heavy (non-hydrogen) atoms. The topological polar surface area (TPSA) is 0 Å². The van der Waals surface area contributed by atoms with E-state index in [1.165, 1.54) is 7.79 Å². The Hall–Kier alpha value is 0.895. The Labute approximate surface area is 65.7 Å². The molecule has 1 aromatic heterocycles. The van der Waals surface area contributed by atoms with Gasteiger partial charge in [0, 0.05) is 0 Å². The maximum atomic E-state index is 2.14. The summed E-state index contributed by atoms with van der Waals surface area (Å²) in [5.74, 6) is 0. The van der Waals surface area contributed by atoms with Gasteiger partial charge in [-0.1, -0.05) is 0 Å². The van der Waals surface area contributed by atoms with Gasteiger partial charge in [-0.25, -0.2) is 0 Å². The van der Waals surface area contributed by atoms with Crippen molar-refractivity contribution in [3.8, 4) is 0 Å². The standard InChI is InChI=1S/C4H2S.2Li/c1-2-4-5-3-1;;/h1,3H;;. The van der Waals surface area contributed by atoms with Crippen LogP contribution < -0.4 is 7.79 Å². The Balaban J connectivity index is 3.12. The van der Waals surface area contributed by atoms with Crippen molar-refractivity contribution in [1.29, 1.82) is 0 Å². The Morgan fingerprint density at radius 2 is 2.14 bits per heavy atom.